The Balaban J connectivity index is 2.12. The number of Topliss-reactive ketones (excluding diaryl/α,β-unsaturated/α-hetero) is 1. The molecule has 0 aliphatic heterocycles. The molecule has 0 bridgehead atoms. The SMILES string of the molecule is CCCCn1c(SCC(=O)c2ccc(O)c(NC(C)=O)c2)nc(C)c1C. The molecule has 0 fully saturated rings. The molecule has 0 aliphatic rings. The molecular formula is C19H25N3O3S. The molecule has 0 aliphatic carbocycles. The summed E-state index contributed by atoms with van der Waals surface area (Å²) in [7, 11) is 0. The van der Waals surface area contributed by atoms with Gasteiger partial charge in [-0.3, -0.25) is 9.59 Å². The number of carbonyl (C=O) groups excluding carboxylic acids is 2. The number of aromatic hydroxyl groups is 1. The van der Waals surface area contributed by atoms with E-state index in [-0.39, 0.29) is 28.9 Å². The van der Waals surface area contributed by atoms with Crippen molar-refractivity contribution >= 4 is 29.1 Å². The lowest BCUT2D eigenvalue weighted by Gasteiger charge is -2.10. The molecule has 1 heterocycles. The fourth-order valence-electron chi connectivity index (χ4n) is 2.53. The fraction of sp³-hybridized carbons (Fsp3) is 0.421. The predicted octanol–water partition coefficient (Wildman–Crippen LogP) is 3.94. The summed E-state index contributed by atoms with van der Waals surface area (Å²) in [6.45, 7) is 8.41. The summed E-state index contributed by atoms with van der Waals surface area (Å²) in [6.07, 6.45) is 2.16. The number of hydrogen-bond acceptors (Lipinski definition) is 5. The average Bonchev–Trinajstić information content (AvgIpc) is 2.86. The quantitative estimate of drug-likeness (QED) is 0.415. The number of thioether (sulfide) groups is 1. The number of aromatic nitrogens is 2. The highest BCUT2D eigenvalue weighted by Gasteiger charge is 2.15. The highest BCUT2D eigenvalue weighted by atomic mass is 32.2. The van der Waals surface area contributed by atoms with E-state index in [2.05, 4.69) is 21.8 Å². The van der Waals surface area contributed by atoms with E-state index in [9.17, 15) is 14.7 Å². The van der Waals surface area contributed by atoms with Crippen molar-refractivity contribution in [2.75, 3.05) is 11.1 Å². The first-order valence-electron chi connectivity index (χ1n) is 8.63. The number of nitrogens with zero attached hydrogens (tertiary/aromatic N) is 2. The Morgan fingerprint density at radius 3 is 2.69 bits per heavy atom. The van der Waals surface area contributed by atoms with Crippen molar-refractivity contribution in [2.24, 2.45) is 0 Å². The van der Waals surface area contributed by atoms with Crippen LogP contribution in [0.5, 0.6) is 5.75 Å². The molecule has 0 unspecified atom stereocenters. The van der Waals surface area contributed by atoms with Crippen LogP contribution in [0.25, 0.3) is 0 Å². The zero-order valence-corrected chi connectivity index (χ0v) is 16.4. The molecule has 0 spiro atoms. The van der Waals surface area contributed by atoms with Crippen LogP contribution in [-0.4, -0.2) is 32.1 Å². The van der Waals surface area contributed by atoms with Gasteiger partial charge in [0.05, 0.1) is 17.1 Å². The summed E-state index contributed by atoms with van der Waals surface area (Å²) in [4.78, 5) is 28.3. The Morgan fingerprint density at radius 1 is 1.31 bits per heavy atom. The van der Waals surface area contributed by atoms with Gasteiger partial charge in [0.2, 0.25) is 5.91 Å². The summed E-state index contributed by atoms with van der Waals surface area (Å²) in [5, 5.41) is 13.2. The maximum absolute atomic E-state index is 12.5. The molecule has 1 aromatic carbocycles. The molecule has 2 rings (SSSR count). The minimum absolute atomic E-state index is 0.0641. The number of ketones is 1. The van der Waals surface area contributed by atoms with Crippen molar-refractivity contribution < 1.29 is 14.7 Å². The smallest absolute Gasteiger partial charge is 0.221 e. The van der Waals surface area contributed by atoms with Crippen LogP contribution >= 0.6 is 11.8 Å². The average molecular weight is 375 g/mol. The lowest BCUT2D eigenvalue weighted by atomic mass is 10.1. The molecule has 2 N–H and O–H groups in total. The number of aryl methyl sites for hydroxylation is 1. The van der Waals surface area contributed by atoms with Crippen LogP contribution in [-0.2, 0) is 11.3 Å². The minimum atomic E-state index is -0.303. The van der Waals surface area contributed by atoms with Crippen LogP contribution in [0.15, 0.2) is 23.4 Å². The van der Waals surface area contributed by atoms with Gasteiger partial charge in [-0.2, -0.15) is 0 Å². The van der Waals surface area contributed by atoms with Gasteiger partial charge in [0.25, 0.3) is 0 Å². The van der Waals surface area contributed by atoms with Gasteiger partial charge in [-0.05, 0) is 38.5 Å². The van der Waals surface area contributed by atoms with E-state index in [1.165, 1.54) is 30.8 Å². The molecular weight excluding hydrogens is 350 g/mol. The van der Waals surface area contributed by atoms with Crippen LogP contribution < -0.4 is 5.32 Å². The number of rotatable bonds is 8. The van der Waals surface area contributed by atoms with E-state index < -0.39 is 0 Å². The Kier molecular flexibility index (Phi) is 6.85. The number of nitrogens with one attached hydrogen (secondary N) is 1. The summed E-state index contributed by atoms with van der Waals surface area (Å²) in [5.74, 6) is -0.206. The van der Waals surface area contributed by atoms with Crippen molar-refractivity contribution in [1.82, 2.24) is 9.55 Å². The Morgan fingerprint density at radius 2 is 2.04 bits per heavy atom. The Hall–Kier alpha value is -2.28. The number of anilines is 1. The molecule has 6 nitrogen and oxygen atoms in total. The van der Waals surface area contributed by atoms with Gasteiger partial charge in [-0.25, -0.2) is 4.98 Å². The molecule has 0 saturated heterocycles. The summed E-state index contributed by atoms with van der Waals surface area (Å²) in [6, 6.07) is 4.48. The van der Waals surface area contributed by atoms with E-state index >= 15 is 0 Å². The third-order valence-corrected chi connectivity index (χ3v) is 5.10. The topological polar surface area (TPSA) is 84.2 Å². The maximum atomic E-state index is 12.5. The molecule has 1 amide bonds. The van der Waals surface area contributed by atoms with Crippen LogP contribution in [0.3, 0.4) is 0 Å². The Labute approximate surface area is 158 Å². The molecule has 1 aromatic heterocycles. The van der Waals surface area contributed by atoms with E-state index in [0.717, 1.165) is 35.9 Å². The first-order valence-corrected chi connectivity index (χ1v) is 9.62. The fourth-order valence-corrected chi connectivity index (χ4v) is 3.54. The number of phenolic OH excluding ortho intramolecular Hbond substituents is 1. The first kappa shape index (κ1) is 20.0. The third kappa shape index (κ3) is 4.88. The second-order valence-corrected chi connectivity index (χ2v) is 7.14. The van der Waals surface area contributed by atoms with Crippen molar-refractivity contribution in [3.05, 3.63) is 35.2 Å². The lowest BCUT2D eigenvalue weighted by Crippen LogP contribution is -2.09. The van der Waals surface area contributed by atoms with Gasteiger partial charge < -0.3 is 15.0 Å². The van der Waals surface area contributed by atoms with Crippen molar-refractivity contribution in [3.63, 3.8) is 0 Å². The molecule has 0 saturated carbocycles. The number of benzene rings is 1. The normalized spacial score (nSPS) is 10.8. The number of amides is 1. The largest absolute Gasteiger partial charge is 0.506 e. The van der Waals surface area contributed by atoms with Gasteiger partial charge >= 0.3 is 0 Å². The van der Waals surface area contributed by atoms with Crippen molar-refractivity contribution in [3.8, 4) is 5.75 Å². The van der Waals surface area contributed by atoms with E-state index in [1.54, 1.807) is 6.07 Å². The van der Waals surface area contributed by atoms with Crippen molar-refractivity contribution in [2.45, 2.75) is 52.2 Å². The zero-order chi connectivity index (χ0) is 19.3. The zero-order valence-electron chi connectivity index (χ0n) is 15.6. The molecule has 26 heavy (non-hydrogen) atoms. The molecule has 0 atom stereocenters. The van der Waals surface area contributed by atoms with E-state index in [1.807, 2.05) is 13.8 Å². The van der Waals surface area contributed by atoms with E-state index in [4.69, 9.17) is 0 Å². The number of carbonyl (C=O) groups is 2. The van der Waals surface area contributed by atoms with Crippen LogP contribution in [0, 0.1) is 13.8 Å². The Bertz CT molecular complexity index is 815. The third-order valence-electron chi connectivity index (χ3n) is 4.12. The number of phenols is 1. The molecule has 7 heteroatoms. The summed E-state index contributed by atoms with van der Waals surface area (Å²) >= 11 is 1.41. The molecule has 0 radical (unpaired) electrons. The van der Waals surface area contributed by atoms with Gasteiger partial charge in [0, 0.05) is 24.7 Å². The second kappa shape index (κ2) is 8.89. The van der Waals surface area contributed by atoms with Gasteiger partial charge in [-0.1, -0.05) is 25.1 Å². The highest BCUT2D eigenvalue weighted by Crippen LogP contribution is 2.27. The summed E-state index contributed by atoms with van der Waals surface area (Å²) in [5.41, 5.74) is 2.79. The van der Waals surface area contributed by atoms with Crippen molar-refractivity contribution in [1.29, 1.82) is 0 Å². The molecule has 2 aromatic rings. The van der Waals surface area contributed by atoms with Gasteiger partial charge in [-0.15, -0.1) is 0 Å². The first-order chi connectivity index (χ1) is 12.3. The predicted molar refractivity (Wildman–Crippen MR) is 104 cm³/mol. The van der Waals surface area contributed by atoms with E-state index in [0.29, 0.717) is 5.56 Å². The monoisotopic (exact) mass is 375 g/mol. The lowest BCUT2D eigenvalue weighted by molar-refractivity contribution is -0.114. The molecule has 140 valence electrons. The summed E-state index contributed by atoms with van der Waals surface area (Å²) < 4.78 is 2.16. The number of imidazole rings is 1. The van der Waals surface area contributed by atoms with Crippen LogP contribution in [0.4, 0.5) is 5.69 Å². The number of hydrogen-bond donors (Lipinski definition) is 2. The van der Waals surface area contributed by atoms with Gasteiger partial charge in [0.1, 0.15) is 5.75 Å². The minimum Gasteiger partial charge on any atom is -0.506 e. The van der Waals surface area contributed by atoms with Crippen LogP contribution in [0.2, 0.25) is 0 Å². The van der Waals surface area contributed by atoms with Gasteiger partial charge in [0.15, 0.2) is 10.9 Å². The number of unbranched alkanes of at least 4 members (excludes halogenated alkanes) is 1. The second-order valence-electron chi connectivity index (χ2n) is 6.20. The standard InChI is InChI=1S/C19H25N3O3S/c1-5-6-9-22-13(3)12(2)20-19(22)26-11-18(25)15-7-8-17(24)16(10-15)21-14(4)23/h7-8,10,24H,5-6,9,11H2,1-4H3,(H,21,23). The maximum Gasteiger partial charge on any atom is 0.221 e. The highest BCUT2D eigenvalue weighted by molar-refractivity contribution is 7.99. The van der Waals surface area contributed by atoms with Crippen LogP contribution in [0.1, 0.15) is 48.4 Å².